The number of carbonyl (C=O) groups is 2. The molecule has 0 radical (unpaired) electrons. The summed E-state index contributed by atoms with van der Waals surface area (Å²) in [6, 6.07) is 18.1. The van der Waals surface area contributed by atoms with Gasteiger partial charge in [-0.3, -0.25) is 9.59 Å². The third-order valence-electron chi connectivity index (χ3n) is 4.25. The smallest absolute Gasteiger partial charge is 0.240 e. The van der Waals surface area contributed by atoms with E-state index < -0.39 is 0 Å². The zero-order chi connectivity index (χ0) is 20.6. The molecule has 0 aromatic heterocycles. The molecule has 0 bridgehead atoms. The SMILES string of the molecule is COc1cc(C=NNC(=O)CCC(=O)Nc2cccc3ccccc23)ccc1O. The van der Waals surface area contributed by atoms with Gasteiger partial charge in [-0.25, -0.2) is 5.43 Å². The molecule has 3 rings (SSSR count). The van der Waals surface area contributed by atoms with E-state index in [0.717, 1.165) is 10.8 Å². The van der Waals surface area contributed by atoms with Crippen molar-refractivity contribution in [3.05, 3.63) is 66.2 Å². The zero-order valence-electron chi connectivity index (χ0n) is 15.9. The van der Waals surface area contributed by atoms with Crippen LogP contribution in [0.3, 0.4) is 0 Å². The van der Waals surface area contributed by atoms with E-state index in [1.165, 1.54) is 19.4 Å². The Morgan fingerprint density at radius 1 is 1.03 bits per heavy atom. The number of nitrogens with zero attached hydrogens (tertiary/aromatic N) is 1. The fraction of sp³-hybridized carbons (Fsp3) is 0.136. The van der Waals surface area contributed by atoms with Gasteiger partial charge in [0, 0.05) is 23.9 Å². The lowest BCUT2D eigenvalue weighted by Crippen LogP contribution is -2.20. The molecule has 148 valence electrons. The maximum absolute atomic E-state index is 12.2. The molecule has 0 fully saturated rings. The number of carbonyl (C=O) groups excluding carboxylic acids is 2. The molecule has 3 N–H and O–H groups in total. The first-order valence-corrected chi connectivity index (χ1v) is 9.03. The van der Waals surface area contributed by atoms with Crippen molar-refractivity contribution in [2.45, 2.75) is 12.8 Å². The number of benzene rings is 3. The molecular weight excluding hydrogens is 370 g/mol. The van der Waals surface area contributed by atoms with Crippen LogP contribution in [-0.4, -0.2) is 30.2 Å². The lowest BCUT2D eigenvalue weighted by Gasteiger charge is -2.08. The minimum absolute atomic E-state index is 0.00678. The van der Waals surface area contributed by atoms with Crippen LogP contribution in [0.15, 0.2) is 65.8 Å². The molecule has 0 saturated heterocycles. The van der Waals surface area contributed by atoms with Gasteiger partial charge < -0.3 is 15.2 Å². The molecular formula is C22H21N3O4. The van der Waals surface area contributed by atoms with Crippen molar-refractivity contribution in [2.75, 3.05) is 12.4 Å². The van der Waals surface area contributed by atoms with E-state index >= 15 is 0 Å². The second kappa shape index (κ2) is 9.36. The van der Waals surface area contributed by atoms with Crippen LogP contribution in [0.1, 0.15) is 18.4 Å². The largest absolute Gasteiger partial charge is 0.504 e. The van der Waals surface area contributed by atoms with Gasteiger partial charge in [-0.2, -0.15) is 5.10 Å². The third kappa shape index (κ3) is 5.32. The Balaban J connectivity index is 1.49. The normalized spacial score (nSPS) is 10.8. The number of amides is 2. The van der Waals surface area contributed by atoms with Gasteiger partial charge in [-0.05, 0) is 35.2 Å². The summed E-state index contributed by atoms with van der Waals surface area (Å²) in [5, 5.41) is 18.2. The van der Waals surface area contributed by atoms with Gasteiger partial charge >= 0.3 is 0 Å². The van der Waals surface area contributed by atoms with Crippen LogP contribution < -0.4 is 15.5 Å². The number of hydrogen-bond donors (Lipinski definition) is 3. The van der Waals surface area contributed by atoms with E-state index in [0.29, 0.717) is 17.0 Å². The van der Waals surface area contributed by atoms with Crippen molar-refractivity contribution in [3.63, 3.8) is 0 Å². The van der Waals surface area contributed by atoms with Gasteiger partial charge in [0.1, 0.15) is 0 Å². The Bertz CT molecular complexity index is 1060. The Labute approximate surface area is 168 Å². The van der Waals surface area contributed by atoms with E-state index in [1.54, 1.807) is 12.1 Å². The summed E-state index contributed by atoms with van der Waals surface area (Å²) in [5.74, 6) is -0.292. The van der Waals surface area contributed by atoms with Crippen LogP contribution in [0.4, 0.5) is 5.69 Å². The molecule has 3 aromatic rings. The minimum Gasteiger partial charge on any atom is -0.504 e. The number of ether oxygens (including phenoxy) is 1. The summed E-state index contributed by atoms with van der Waals surface area (Å²) in [5.41, 5.74) is 3.74. The first-order chi connectivity index (χ1) is 14.1. The number of anilines is 1. The second-order valence-electron chi connectivity index (χ2n) is 6.30. The molecule has 0 heterocycles. The Hall–Kier alpha value is -3.87. The van der Waals surface area contributed by atoms with Crippen molar-refractivity contribution in [1.82, 2.24) is 5.43 Å². The lowest BCUT2D eigenvalue weighted by atomic mass is 10.1. The predicted molar refractivity (Wildman–Crippen MR) is 112 cm³/mol. The molecule has 0 aliphatic heterocycles. The molecule has 0 aliphatic rings. The highest BCUT2D eigenvalue weighted by Gasteiger charge is 2.08. The van der Waals surface area contributed by atoms with Crippen LogP contribution in [-0.2, 0) is 9.59 Å². The van der Waals surface area contributed by atoms with Crippen molar-refractivity contribution in [3.8, 4) is 11.5 Å². The second-order valence-corrected chi connectivity index (χ2v) is 6.30. The van der Waals surface area contributed by atoms with Gasteiger partial charge in [-0.15, -0.1) is 0 Å². The summed E-state index contributed by atoms with van der Waals surface area (Å²) in [4.78, 5) is 24.1. The number of fused-ring (bicyclic) bond motifs is 1. The predicted octanol–water partition coefficient (Wildman–Crippen LogP) is 3.42. The molecule has 7 heteroatoms. The Morgan fingerprint density at radius 3 is 2.62 bits per heavy atom. The van der Waals surface area contributed by atoms with Gasteiger partial charge in [0.15, 0.2) is 11.5 Å². The Kier molecular flexibility index (Phi) is 6.42. The molecule has 29 heavy (non-hydrogen) atoms. The van der Waals surface area contributed by atoms with Gasteiger partial charge in [0.05, 0.1) is 13.3 Å². The first-order valence-electron chi connectivity index (χ1n) is 9.03. The highest BCUT2D eigenvalue weighted by atomic mass is 16.5. The minimum atomic E-state index is -0.375. The van der Waals surface area contributed by atoms with E-state index in [-0.39, 0.29) is 30.4 Å². The maximum Gasteiger partial charge on any atom is 0.240 e. The Morgan fingerprint density at radius 2 is 1.79 bits per heavy atom. The topological polar surface area (TPSA) is 100 Å². The summed E-state index contributed by atoms with van der Waals surface area (Å²) < 4.78 is 5.01. The summed E-state index contributed by atoms with van der Waals surface area (Å²) in [6.45, 7) is 0. The molecule has 0 saturated carbocycles. The molecule has 0 spiro atoms. The molecule has 2 amide bonds. The number of phenols is 1. The van der Waals surface area contributed by atoms with Crippen molar-refractivity contribution < 1.29 is 19.4 Å². The third-order valence-corrected chi connectivity index (χ3v) is 4.25. The van der Waals surface area contributed by atoms with Crippen molar-refractivity contribution in [2.24, 2.45) is 5.10 Å². The monoisotopic (exact) mass is 391 g/mol. The standard InChI is InChI=1S/C22H21N3O4/c1-29-20-13-15(9-10-19(20)26)14-23-25-22(28)12-11-21(27)24-18-8-4-6-16-5-2-3-7-17(16)18/h2-10,13-14,26H,11-12H2,1H3,(H,24,27)(H,25,28). The fourth-order valence-corrected chi connectivity index (χ4v) is 2.78. The van der Waals surface area contributed by atoms with Gasteiger partial charge in [0.2, 0.25) is 11.8 Å². The van der Waals surface area contributed by atoms with Crippen molar-refractivity contribution >= 4 is 34.5 Å². The summed E-state index contributed by atoms with van der Waals surface area (Å²) in [7, 11) is 1.45. The zero-order valence-corrected chi connectivity index (χ0v) is 15.9. The molecule has 3 aromatic carbocycles. The van der Waals surface area contributed by atoms with Crippen LogP contribution in [0.25, 0.3) is 10.8 Å². The molecule has 7 nitrogen and oxygen atoms in total. The first kappa shape index (κ1) is 19.9. The van der Waals surface area contributed by atoms with E-state index in [1.807, 2.05) is 42.5 Å². The van der Waals surface area contributed by atoms with Crippen LogP contribution in [0, 0.1) is 0 Å². The number of hydrazone groups is 1. The average Bonchev–Trinajstić information content (AvgIpc) is 2.74. The number of nitrogens with one attached hydrogen (secondary N) is 2. The highest BCUT2D eigenvalue weighted by Crippen LogP contribution is 2.25. The van der Waals surface area contributed by atoms with Gasteiger partial charge in [0.25, 0.3) is 0 Å². The fourth-order valence-electron chi connectivity index (χ4n) is 2.78. The number of hydrogen-bond acceptors (Lipinski definition) is 5. The maximum atomic E-state index is 12.2. The van der Waals surface area contributed by atoms with Gasteiger partial charge in [-0.1, -0.05) is 36.4 Å². The van der Waals surface area contributed by atoms with Crippen LogP contribution in [0.2, 0.25) is 0 Å². The van der Waals surface area contributed by atoms with Crippen LogP contribution >= 0.6 is 0 Å². The summed E-state index contributed by atoms with van der Waals surface area (Å²) in [6.07, 6.45) is 1.47. The number of rotatable bonds is 7. The quantitative estimate of drug-likeness (QED) is 0.424. The summed E-state index contributed by atoms with van der Waals surface area (Å²) >= 11 is 0. The number of phenolic OH excluding ortho intramolecular Hbond substituents is 1. The lowest BCUT2D eigenvalue weighted by molar-refractivity contribution is -0.124. The van der Waals surface area contributed by atoms with Crippen molar-refractivity contribution in [1.29, 1.82) is 0 Å². The average molecular weight is 391 g/mol. The molecule has 0 unspecified atom stereocenters. The molecule has 0 aliphatic carbocycles. The number of methoxy groups -OCH3 is 1. The van der Waals surface area contributed by atoms with E-state index in [2.05, 4.69) is 15.8 Å². The van der Waals surface area contributed by atoms with Crippen LogP contribution in [0.5, 0.6) is 11.5 Å². The molecule has 0 atom stereocenters. The van der Waals surface area contributed by atoms with E-state index in [4.69, 9.17) is 4.74 Å². The highest BCUT2D eigenvalue weighted by molar-refractivity contribution is 6.02. The number of aromatic hydroxyl groups is 1. The van der Waals surface area contributed by atoms with E-state index in [9.17, 15) is 14.7 Å².